The first-order valence-electron chi connectivity index (χ1n) is 7.59. The van der Waals surface area contributed by atoms with Crippen LogP contribution < -0.4 is 10.1 Å². The lowest BCUT2D eigenvalue weighted by molar-refractivity contribution is -0.116. The Balaban J connectivity index is 1.99. The van der Waals surface area contributed by atoms with Crippen molar-refractivity contribution in [2.24, 2.45) is 0 Å². The van der Waals surface area contributed by atoms with Gasteiger partial charge in [-0.1, -0.05) is 17.3 Å². The molecule has 8 nitrogen and oxygen atoms in total. The maximum Gasteiger partial charge on any atom is 0.240 e. The number of hydrogen-bond acceptors (Lipinski definition) is 6. The largest absolute Gasteiger partial charge is 0.497 e. The van der Waals surface area contributed by atoms with Gasteiger partial charge in [-0.15, -0.1) is 0 Å². The summed E-state index contributed by atoms with van der Waals surface area (Å²) in [5.41, 5.74) is 0.917. The molecule has 0 aliphatic carbocycles. The van der Waals surface area contributed by atoms with Gasteiger partial charge >= 0.3 is 0 Å². The molecule has 0 saturated heterocycles. The van der Waals surface area contributed by atoms with Gasteiger partial charge in [0, 0.05) is 12.6 Å². The van der Waals surface area contributed by atoms with E-state index in [2.05, 4.69) is 10.5 Å². The van der Waals surface area contributed by atoms with Crippen LogP contribution in [0.4, 0.5) is 5.82 Å². The molecule has 25 heavy (non-hydrogen) atoms. The van der Waals surface area contributed by atoms with Crippen LogP contribution in [0.3, 0.4) is 0 Å². The van der Waals surface area contributed by atoms with E-state index in [0.29, 0.717) is 17.9 Å². The number of nitrogens with one attached hydrogen (secondary N) is 1. The van der Waals surface area contributed by atoms with Crippen molar-refractivity contribution in [2.75, 3.05) is 31.8 Å². The van der Waals surface area contributed by atoms with Gasteiger partial charge in [-0.3, -0.25) is 4.79 Å². The smallest absolute Gasteiger partial charge is 0.240 e. The highest BCUT2D eigenvalue weighted by atomic mass is 32.2. The van der Waals surface area contributed by atoms with Crippen molar-refractivity contribution in [1.29, 1.82) is 0 Å². The van der Waals surface area contributed by atoms with Gasteiger partial charge in [0.25, 0.3) is 0 Å². The van der Waals surface area contributed by atoms with Crippen molar-refractivity contribution in [2.45, 2.75) is 13.3 Å². The maximum atomic E-state index is 12.1. The van der Waals surface area contributed by atoms with E-state index in [4.69, 9.17) is 9.26 Å². The van der Waals surface area contributed by atoms with Crippen molar-refractivity contribution in [3.8, 4) is 5.75 Å². The third-order valence-electron chi connectivity index (χ3n) is 3.47. The second-order valence-corrected chi connectivity index (χ2v) is 7.55. The van der Waals surface area contributed by atoms with Gasteiger partial charge < -0.3 is 14.6 Å². The fourth-order valence-corrected chi connectivity index (χ4v) is 2.99. The highest BCUT2D eigenvalue weighted by Gasteiger charge is 2.20. The summed E-state index contributed by atoms with van der Waals surface area (Å²) in [5, 5.41) is 6.16. The Morgan fingerprint density at radius 3 is 2.72 bits per heavy atom. The molecule has 1 aromatic carbocycles. The minimum atomic E-state index is -3.54. The lowest BCUT2D eigenvalue weighted by atomic mass is 10.1. The van der Waals surface area contributed by atoms with E-state index in [9.17, 15) is 13.2 Å². The molecule has 0 aliphatic rings. The number of anilines is 1. The Morgan fingerprint density at radius 1 is 1.36 bits per heavy atom. The number of sulfonamides is 1. The van der Waals surface area contributed by atoms with E-state index >= 15 is 0 Å². The Kier molecular flexibility index (Phi) is 6.16. The number of hydrogen-bond donors (Lipinski definition) is 1. The fraction of sp³-hybridized carbons (Fsp3) is 0.375. The first-order valence-corrected chi connectivity index (χ1v) is 9.44. The molecular formula is C16H21N3O5S. The first kappa shape index (κ1) is 18.9. The molecule has 1 amide bonds. The maximum absolute atomic E-state index is 12.1. The molecule has 0 fully saturated rings. The molecule has 2 aromatic rings. The number of benzene rings is 1. The molecule has 0 bridgehead atoms. The van der Waals surface area contributed by atoms with Gasteiger partial charge in [0.1, 0.15) is 11.5 Å². The van der Waals surface area contributed by atoms with Gasteiger partial charge in [-0.2, -0.15) is 4.31 Å². The van der Waals surface area contributed by atoms with Crippen LogP contribution in [0.2, 0.25) is 0 Å². The molecule has 0 spiro atoms. The number of amides is 1. The van der Waals surface area contributed by atoms with Gasteiger partial charge in [0.15, 0.2) is 5.82 Å². The number of nitrogens with zero attached hydrogens (tertiary/aromatic N) is 2. The Bertz CT molecular complexity index is 832. The molecular weight excluding hydrogens is 346 g/mol. The average Bonchev–Trinajstić information content (AvgIpc) is 2.95. The molecule has 0 atom stereocenters. The molecule has 0 unspecified atom stereocenters. The average molecular weight is 367 g/mol. The number of aromatic nitrogens is 1. The summed E-state index contributed by atoms with van der Waals surface area (Å²) in [6.45, 7) is 1.57. The summed E-state index contributed by atoms with van der Waals surface area (Å²) in [6, 6.07) is 8.91. The van der Waals surface area contributed by atoms with Crippen LogP contribution in [-0.4, -0.2) is 50.2 Å². The van der Waals surface area contributed by atoms with Crippen LogP contribution >= 0.6 is 0 Å². The quantitative estimate of drug-likeness (QED) is 0.757. The fourth-order valence-electron chi connectivity index (χ4n) is 2.21. The molecule has 1 N–H and O–H groups in total. The second kappa shape index (κ2) is 8.13. The molecule has 136 valence electrons. The predicted octanol–water partition coefficient (Wildman–Crippen LogP) is 1.43. The van der Waals surface area contributed by atoms with Crippen molar-refractivity contribution >= 4 is 21.7 Å². The number of rotatable bonds is 8. The van der Waals surface area contributed by atoms with Crippen LogP contribution in [0.15, 0.2) is 34.9 Å². The lowest BCUT2D eigenvalue weighted by Crippen LogP contribution is -2.38. The van der Waals surface area contributed by atoms with Crippen LogP contribution in [0, 0.1) is 6.92 Å². The Hall–Kier alpha value is -2.39. The van der Waals surface area contributed by atoms with Gasteiger partial charge in [0.05, 0.1) is 19.9 Å². The highest BCUT2D eigenvalue weighted by molar-refractivity contribution is 7.88. The zero-order valence-electron chi connectivity index (χ0n) is 14.4. The summed E-state index contributed by atoms with van der Waals surface area (Å²) in [5.74, 6) is 1.02. The lowest BCUT2D eigenvalue weighted by Gasteiger charge is -2.19. The van der Waals surface area contributed by atoms with Crippen LogP contribution in [0.25, 0.3) is 0 Å². The number of methoxy groups -OCH3 is 1. The van der Waals surface area contributed by atoms with E-state index < -0.39 is 15.9 Å². The second-order valence-electron chi connectivity index (χ2n) is 5.57. The number of carbonyl (C=O) groups excluding carboxylic acids is 1. The summed E-state index contributed by atoms with van der Waals surface area (Å²) >= 11 is 0. The van der Waals surface area contributed by atoms with Gasteiger partial charge in [-0.05, 0) is 31.0 Å². The van der Waals surface area contributed by atoms with Crippen LogP contribution in [0.1, 0.15) is 11.3 Å². The van der Waals surface area contributed by atoms with Crippen molar-refractivity contribution in [3.05, 3.63) is 41.7 Å². The van der Waals surface area contributed by atoms with Crippen LogP contribution in [-0.2, 0) is 21.2 Å². The number of aryl methyl sites for hydroxylation is 1. The summed E-state index contributed by atoms with van der Waals surface area (Å²) in [4.78, 5) is 12.1. The molecule has 0 aliphatic heterocycles. The first-order chi connectivity index (χ1) is 11.8. The third kappa shape index (κ3) is 5.87. The molecule has 0 saturated carbocycles. The standard InChI is InChI=1S/C16H21N3O5S/c1-12-9-15(18-24-12)17-16(20)11-19(25(3,21)22)8-7-13-5-4-6-14(10-13)23-2/h4-6,9-10H,7-8,11H2,1-3H3,(H,17,18,20). The Morgan fingerprint density at radius 2 is 2.12 bits per heavy atom. The summed E-state index contributed by atoms with van der Waals surface area (Å²) in [6.07, 6.45) is 1.53. The predicted molar refractivity (Wildman–Crippen MR) is 93.0 cm³/mol. The summed E-state index contributed by atoms with van der Waals surface area (Å²) < 4.78 is 35.0. The Labute approximate surface area is 146 Å². The minimum absolute atomic E-state index is 0.178. The number of ether oxygens (including phenoxy) is 1. The van der Waals surface area contributed by atoms with E-state index in [1.54, 1.807) is 20.1 Å². The van der Waals surface area contributed by atoms with E-state index in [1.165, 1.54) is 0 Å². The van der Waals surface area contributed by atoms with Crippen molar-refractivity contribution in [1.82, 2.24) is 9.46 Å². The highest BCUT2D eigenvalue weighted by Crippen LogP contribution is 2.14. The normalized spacial score (nSPS) is 11.5. The van der Waals surface area contributed by atoms with E-state index in [0.717, 1.165) is 16.1 Å². The molecule has 2 rings (SSSR count). The van der Waals surface area contributed by atoms with E-state index in [-0.39, 0.29) is 18.9 Å². The zero-order valence-corrected chi connectivity index (χ0v) is 15.2. The zero-order chi connectivity index (χ0) is 18.4. The number of carbonyl (C=O) groups is 1. The van der Waals surface area contributed by atoms with Gasteiger partial charge in [-0.25, -0.2) is 8.42 Å². The monoisotopic (exact) mass is 367 g/mol. The van der Waals surface area contributed by atoms with Gasteiger partial charge in [0.2, 0.25) is 15.9 Å². The molecule has 1 heterocycles. The molecule has 9 heteroatoms. The van der Waals surface area contributed by atoms with Crippen LogP contribution in [0.5, 0.6) is 5.75 Å². The summed E-state index contributed by atoms with van der Waals surface area (Å²) in [7, 11) is -1.97. The minimum Gasteiger partial charge on any atom is -0.497 e. The van der Waals surface area contributed by atoms with Crippen molar-refractivity contribution in [3.63, 3.8) is 0 Å². The topological polar surface area (TPSA) is 102 Å². The SMILES string of the molecule is COc1cccc(CCN(CC(=O)Nc2cc(C)on2)S(C)(=O)=O)c1. The molecule has 0 radical (unpaired) electrons. The van der Waals surface area contributed by atoms with Crippen molar-refractivity contribution < 1.29 is 22.5 Å². The van der Waals surface area contributed by atoms with E-state index in [1.807, 2.05) is 24.3 Å². The molecule has 1 aromatic heterocycles. The third-order valence-corrected chi connectivity index (χ3v) is 4.72.